The second-order valence-electron chi connectivity index (χ2n) is 13.2. The third kappa shape index (κ3) is 8.26. The number of carbonyl (C=O) groups is 2. The van der Waals surface area contributed by atoms with Gasteiger partial charge in [-0.3, -0.25) is 4.79 Å². The molecule has 1 heterocycles. The molecule has 5 rings (SSSR count). The fourth-order valence-corrected chi connectivity index (χ4v) is 6.82. The quantitative estimate of drug-likeness (QED) is 0.182. The molecule has 1 unspecified atom stereocenters. The van der Waals surface area contributed by atoms with Crippen LogP contribution >= 0.6 is 11.6 Å². The van der Waals surface area contributed by atoms with E-state index in [0.717, 1.165) is 19.3 Å². The Morgan fingerprint density at radius 2 is 1.79 bits per heavy atom. The smallest absolute Gasteiger partial charge is 0.322 e. The number of carbonyl (C=O) groups excluding carboxylic acids is 2. The number of likely N-dealkylation sites (tertiary alicyclic amines) is 1. The van der Waals surface area contributed by atoms with Crippen LogP contribution in [0.2, 0.25) is 5.02 Å². The fourth-order valence-electron chi connectivity index (χ4n) is 5.73. The number of rotatable bonds is 10. The van der Waals surface area contributed by atoms with Gasteiger partial charge in [-0.1, -0.05) is 42.6 Å². The highest BCUT2D eigenvalue weighted by atomic mass is 35.5. The number of nitrogens with zero attached hydrogens (tertiary/aromatic N) is 2. The number of aliphatic hydroxyl groups is 1. The lowest BCUT2D eigenvalue weighted by Gasteiger charge is -2.39. The molecular formula is C35H39ClFN5O4S. The number of aliphatic hydroxyl groups excluding tert-OH is 1. The highest BCUT2D eigenvalue weighted by molar-refractivity contribution is 7.90. The first-order chi connectivity index (χ1) is 22.3. The third-order valence-corrected chi connectivity index (χ3v) is 10.5. The highest BCUT2D eigenvalue weighted by Gasteiger charge is 2.44. The van der Waals surface area contributed by atoms with Crippen LogP contribution in [0.1, 0.15) is 69.6 Å². The zero-order chi connectivity index (χ0) is 33.9. The first-order valence-electron chi connectivity index (χ1n) is 15.6. The second kappa shape index (κ2) is 14.2. The normalized spacial score (nSPS) is 19.8. The molecule has 0 bridgehead atoms. The summed E-state index contributed by atoms with van der Waals surface area (Å²) in [6, 6.07) is 18.4. The molecule has 248 valence electrons. The van der Waals surface area contributed by atoms with Crippen LogP contribution in [0.3, 0.4) is 0 Å². The SMILES string of the molecule is CC(C)(C)[S+]([O-])N[C@](CCC1CC1)(c1cccc(C#N)c1)c1ccc(F)c(NC(=O)[C@H]2C[C@H](O)CN2C(=O)Nc2ccc(Cl)cc2)c1. The minimum absolute atomic E-state index is 0.0282. The van der Waals surface area contributed by atoms with Gasteiger partial charge in [0, 0.05) is 35.0 Å². The standard InChI is InChI=1S/C35H39ClFN5O4S/c1-34(2,3)47(46)41-35(16-15-22-7-8-22,24-6-4-5-23(17-24)20-38)25-9-14-29(37)30(18-25)40-32(44)31-19-28(43)21-42(31)33(45)39-27-12-10-26(36)11-13-27/h4-6,9-14,17-18,22,28,31,41,43H,7-8,15-16,19,21H2,1-3H3,(H,39,45)(H,40,44)/t28-,31+,35+,47?/m0/s1. The van der Waals surface area contributed by atoms with E-state index in [0.29, 0.717) is 39.7 Å². The molecule has 0 aromatic heterocycles. The summed E-state index contributed by atoms with van der Waals surface area (Å²) in [6.07, 6.45) is 2.53. The molecule has 0 radical (unpaired) electrons. The van der Waals surface area contributed by atoms with Crippen molar-refractivity contribution in [2.45, 2.75) is 75.3 Å². The molecule has 3 aromatic rings. The van der Waals surface area contributed by atoms with E-state index in [2.05, 4.69) is 21.4 Å². The van der Waals surface area contributed by atoms with Crippen molar-refractivity contribution in [3.8, 4) is 6.07 Å². The van der Waals surface area contributed by atoms with Gasteiger partial charge in [0.15, 0.2) is 0 Å². The average molecular weight is 680 g/mol. The van der Waals surface area contributed by atoms with E-state index in [-0.39, 0.29) is 18.7 Å². The van der Waals surface area contributed by atoms with Crippen LogP contribution in [-0.4, -0.2) is 49.9 Å². The van der Waals surface area contributed by atoms with Crippen LogP contribution in [0.25, 0.3) is 0 Å². The summed E-state index contributed by atoms with van der Waals surface area (Å²) in [5.74, 6) is -0.849. The van der Waals surface area contributed by atoms with Gasteiger partial charge in [0.25, 0.3) is 0 Å². The van der Waals surface area contributed by atoms with Gasteiger partial charge in [0.2, 0.25) is 5.91 Å². The first kappa shape index (κ1) is 34.7. The zero-order valence-electron chi connectivity index (χ0n) is 26.6. The Balaban J connectivity index is 1.48. The van der Waals surface area contributed by atoms with Gasteiger partial charge in [-0.25, -0.2) is 9.18 Å². The van der Waals surface area contributed by atoms with E-state index in [1.54, 1.807) is 48.5 Å². The van der Waals surface area contributed by atoms with E-state index < -0.39 is 51.5 Å². The molecule has 9 nitrogen and oxygen atoms in total. The molecule has 1 saturated heterocycles. The van der Waals surface area contributed by atoms with Crippen LogP contribution < -0.4 is 15.4 Å². The molecule has 2 aliphatic rings. The Bertz CT molecular complexity index is 1660. The number of halogens is 2. The molecule has 12 heteroatoms. The summed E-state index contributed by atoms with van der Waals surface area (Å²) in [7, 11) is 0. The molecule has 1 saturated carbocycles. The van der Waals surface area contributed by atoms with Gasteiger partial charge in [0.1, 0.15) is 22.1 Å². The summed E-state index contributed by atoms with van der Waals surface area (Å²) in [4.78, 5) is 28.0. The molecule has 2 fully saturated rings. The van der Waals surface area contributed by atoms with Gasteiger partial charge < -0.3 is 25.2 Å². The molecule has 1 aliphatic heterocycles. The van der Waals surface area contributed by atoms with E-state index in [1.807, 2.05) is 26.8 Å². The first-order valence-corrected chi connectivity index (χ1v) is 17.1. The van der Waals surface area contributed by atoms with Crippen molar-refractivity contribution < 1.29 is 23.6 Å². The number of anilines is 2. The number of β-amino-alcohol motifs (C(OH)–C–C–N with tert-alkyl or cyclic N) is 1. The van der Waals surface area contributed by atoms with Crippen LogP contribution in [0.5, 0.6) is 0 Å². The fraction of sp³-hybridized carbons (Fsp3) is 0.400. The lowest BCUT2D eigenvalue weighted by atomic mass is 9.79. The molecule has 47 heavy (non-hydrogen) atoms. The average Bonchev–Trinajstić information content (AvgIpc) is 3.79. The zero-order valence-corrected chi connectivity index (χ0v) is 28.1. The maximum atomic E-state index is 15.5. The number of amides is 3. The van der Waals surface area contributed by atoms with Crippen LogP contribution in [0, 0.1) is 23.1 Å². The van der Waals surface area contributed by atoms with Crippen molar-refractivity contribution in [2.75, 3.05) is 17.2 Å². The molecule has 1 aliphatic carbocycles. The topological polar surface area (TPSA) is 141 Å². The number of urea groups is 1. The molecule has 3 amide bonds. The van der Waals surface area contributed by atoms with E-state index in [4.69, 9.17) is 11.6 Å². The van der Waals surface area contributed by atoms with Gasteiger partial charge in [-0.05, 0) is 99.2 Å². The molecule has 4 atom stereocenters. The highest BCUT2D eigenvalue weighted by Crippen LogP contribution is 2.43. The largest absolute Gasteiger partial charge is 0.598 e. The lowest BCUT2D eigenvalue weighted by Crippen LogP contribution is -2.52. The maximum absolute atomic E-state index is 15.5. The third-order valence-electron chi connectivity index (χ3n) is 8.59. The Hall–Kier alpha value is -3.66. The van der Waals surface area contributed by atoms with Crippen molar-refractivity contribution in [3.05, 3.63) is 94.3 Å². The van der Waals surface area contributed by atoms with Gasteiger partial charge in [0.05, 0.1) is 23.4 Å². The van der Waals surface area contributed by atoms with Crippen molar-refractivity contribution in [1.29, 1.82) is 5.26 Å². The number of hydrogen-bond donors (Lipinski definition) is 4. The van der Waals surface area contributed by atoms with Crippen molar-refractivity contribution in [2.24, 2.45) is 5.92 Å². The summed E-state index contributed by atoms with van der Waals surface area (Å²) in [5.41, 5.74) is 0.932. The number of benzene rings is 3. The minimum Gasteiger partial charge on any atom is -0.598 e. The number of hydrogen-bond acceptors (Lipinski definition) is 6. The molecule has 0 spiro atoms. The summed E-state index contributed by atoms with van der Waals surface area (Å²) in [5, 5.41) is 26.0. The second-order valence-corrected chi connectivity index (χ2v) is 15.6. The van der Waals surface area contributed by atoms with E-state index >= 15 is 4.39 Å². The van der Waals surface area contributed by atoms with Crippen molar-refractivity contribution in [3.63, 3.8) is 0 Å². The maximum Gasteiger partial charge on any atom is 0.322 e. The minimum atomic E-state index is -1.57. The summed E-state index contributed by atoms with van der Waals surface area (Å²) < 4.78 is 31.9. The predicted octanol–water partition coefficient (Wildman–Crippen LogP) is 6.44. The number of nitrogens with one attached hydrogen (secondary N) is 3. The Morgan fingerprint density at radius 3 is 2.45 bits per heavy atom. The monoisotopic (exact) mass is 679 g/mol. The predicted molar refractivity (Wildman–Crippen MR) is 182 cm³/mol. The number of nitriles is 1. The molecular weight excluding hydrogens is 641 g/mol. The van der Waals surface area contributed by atoms with Gasteiger partial charge in [-0.15, -0.1) is 4.72 Å². The molecule has 4 N–H and O–H groups in total. The van der Waals surface area contributed by atoms with Crippen LogP contribution in [0.15, 0.2) is 66.7 Å². The summed E-state index contributed by atoms with van der Waals surface area (Å²) >= 11 is 4.38. The van der Waals surface area contributed by atoms with E-state index in [1.165, 1.54) is 17.0 Å². The van der Waals surface area contributed by atoms with Gasteiger partial charge >= 0.3 is 6.03 Å². The van der Waals surface area contributed by atoms with Gasteiger partial charge in [-0.2, -0.15) is 5.26 Å². The van der Waals surface area contributed by atoms with Crippen molar-refractivity contribution in [1.82, 2.24) is 9.62 Å². The summed E-state index contributed by atoms with van der Waals surface area (Å²) in [6.45, 7) is 5.49. The molecule has 3 aromatic carbocycles. The van der Waals surface area contributed by atoms with Crippen LogP contribution in [0.4, 0.5) is 20.6 Å². The van der Waals surface area contributed by atoms with E-state index in [9.17, 15) is 24.5 Å². The Labute approximate surface area is 282 Å². The van der Waals surface area contributed by atoms with Crippen molar-refractivity contribution >= 4 is 46.3 Å². The van der Waals surface area contributed by atoms with Crippen LogP contribution in [-0.2, 0) is 21.7 Å². The Kier molecular flexibility index (Phi) is 10.5. The Morgan fingerprint density at radius 1 is 1.09 bits per heavy atom. The lowest BCUT2D eigenvalue weighted by molar-refractivity contribution is -0.119.